The number of aliphatic carboxylic acids is 2. The second-order valence-corrected chi connectivity index (χ2v) is 14.0. The summed E-state index contributed by atoms with van der Waals surface area (Å²) in [6.45, 7) is 4.13. The van der Waals surface area contributed by atoms with E-state index in [9.17, 15) is 43.4 Å². The molecule has 17 heteroatoms. The van der Waals surface area contributed by atoms with Crippen molar-refractivity contribution < 1.29 is 52.9 Å². The zero-order valence-electron chi connectivity index (χ0n) is 30.9. The van der Waals surface area contributed by atoms with Crippen molar-refractivity contribution in [2.24, 2.45) is 11.1 Å². The Hall–Kier alpha value is -5.68. The summed E-state index contributed by atoms with van der Waals surface area (Å²) in [7, 11) is 0. The summed E-state index contributed by atoms with van der Waals surface area (Å²) >= 11 is 0. The van der Waals surface area contributed by atoms with Crippen LogP contribution >= 0.6 is 0 Å². The van der Waals surface area contributed by atoms with Crippen LogP contribution in [0.25, 0.3) is 11.1 Å². The third kappa shape index (κ3) is 13.3. The average Bonchev–Trinajstić information content (AvgIpc) is 3.53. The number of hydrogen-bond acceptors (Lipinski definition) is 8. The van der Waals surface area contributed by atoms with Gasteiger partial charge >= 0.3 is 11.9 Å². The molecule has 0 aliphatic heterocycles. The van der Waals surface area contributed by atoms with Gasteiger partial charge in [0.05, 0.1) is 25.0 Å². The fourth-order valence-corrected chi connectivity index (χ4v) is 5.95. The largest absolute Gasteiger partial charge is 0.481 e. The third-order valence-electron chi connectivity index (χ3n) is 8.63. The molecular weight excluding hydrogens is 722 g/mol. The second-order valence-electron chi connectivity index (χ2n) is 14.0. The maximum absolute atomic E-state index is 15.0. The molecule has 3 rings (SSSR count). The van der Waals surface area contributed by atoms with Crippen LogP contribution in [-0.4, -0.2) is 98.7 Å². The summed E-state index contributed by atoms with van der Waals surface area (Å²) in [5.41, 5.74) is 7.23. The highest BCUT2D eigenvalue weighted by molar-refractivity contribution is 5.87. The van der Waals surface area contributed by atoms with Crippen LogP contribution in [0.2, 0.25) is 0 Å². The lowest BCUT2D eigenvalue weighted by atomic mass is 9.82. The maximum Gasteiger partial charge on any atom is 0.326 e. The van der Waals surface area contributed by atoms with Crippen molar-refractivity contribution >= 4 is 35.6 Å². The minimum atomic E-state index is -1.47. The molecule has 3 aromatic rings. The van der Waals surface area contributed by atoms with E-state index in [1.54, 1.807) is 12.3 Å². The number of carbonyl (C=O) groups is 6. The predicted molar refractivity (Wildman–Crippen MR) is 196 cm³/mol. The van der Waals surface area contributed by atoms with E-state index in [-0.39, 0.29) is 37.9 Å². The Bertz CT molecular complexity index is 1830. The van der Waals surface area contributed by atoms with Crippen LogP contribution < -0.4 is 21.7 Å². The zero-order chi connectivity index (χ0) is 40.9. The first-order chi connectivity index (χ1) is 25.9. The molecular formula is C38H48F2N6O9. The lowest BCUT2D eigenvalue weighted by Gasteiger charge is -2.41. The lowest BCUT2D eigenvalue weighted by Crippen LogP contribution is -2.51. The number of aromatic nitrogens is 1. The van der Waals surface area contributed by atoms with Crippen molar-refractivity contribution in [3.05, 3.63) is 83.7 Å². The summed E-state index contributed by atoms with van der Waals surface area (Å²) in [5.74, 6) is -6.75. The Morgan fingerprint density at radius 2 is 1.60 bits per heavy atom. The van der Waals surface area contributed by atoms with Crippen LogP contribution in [0, 0.1) is 17.0 Å². The highest BCUT2D eigenvalue weighted by Crippen LogP contribution is 2.41. The van der Waals surface area contributed by atoms with E-state index < -0.39 is 90.3 Å². The zero-order valence-corrected chi connectivity index (χ0v) is 30.9. The van der Waals surface area contributed by atoms with Crippen molar-refractivity contribution in [2.45, 2.75) is 71.1 Å². The molecule has 0 spiro atoms. The van der Waals surface area contributed by atoms with Gasteiger partial charge in [-0.1, -0.05) is 51.1 Å². The predicted octanol–water partition coefficient (Wildman–Crippen LogP) is 2.16. The molecule has 55 heavy (non-hydrogen) atoms. The smallest absolute Gasteiger partial charge is 0.326 e. The van der Waals surface area contributed by atoms with E-state index in [0.29, 0.717) is 17.8 Å². The molecule has 0 aliphatic carbocycles. The summed E-state index contributed by atoms with van der Waals surface area (Å²) in [6, 6.07) is 10.5. The van der Waals surface area contributed by atoms with Crippen molar-refractivity contribution in [3.8, 4) is 11.1 Å². The number of carboxylic acids is 2. The molecule has 0 fully saturated rings. The Morgan fingerprint density at radius 1 is 0.909 bits per heavy atom. The molecule has 0 radical (unpaired) electrons. The summed E-state index contributed by atoms with van der Waals surface area (Å²) in [6.07, 6.45) is 0.512. The number of aliphatic hydroxyl groups is 1. The Labute approximate surface area is 316 Å². The average molecular weight is 771 g/mol. The van der Waals surface area contributed by atoms with E-state index in [0.717, 1.165) is 23.8 Å². The highest BCUT2D eigenvalue weighted by Gasteiger charge is 2.37. The summed E-state index contributed by atoms with van der Waals surface area (Å²) in [4.78, 5) is 74.1. The van der Waals surface area contributed by atoms with Gasteiger partial charge in [0.15, 0.2) is 0 Å². The number of carboxylic acid groups (broad SMARTS) is 2. The number of nitrogens with zero attached hydrogens (tertiary/aromatic N) is 2. The quantitative estimate of drug-likeness (QED) is 0.0885. The standard InChI is InChI=1S/C38H48F2N6O9/c1-38(2,3)35(30-17-24(26-18-25(39)9-10-27(26)40)21-45(30)20-23-7-5-4-6-8-23)46(33(50)22-47)16-14-28(41)36(53)44-29(37(54)55)13-15-42-32(49)19-43-31(48)11-12-34(51)52/h4-10,17-18,21,28-29,35,47H,11-16,19-20,22,41H2,1-3H3,(H,42,49)(H,43,48)(H,44,53)(H,51,52)(H,54,55)/t28-,29+,35-/m0/s1. The van der Waals surface area contributed by atoms with E-state index in [4.69, 9.17) is 10.8 Å². The Balaban J connectivity index is 1.79. The van der Waals surface area contributed by atoms with Gasteiger partial charge in [-0.15, -0.1) is 0 Å². The topological polar surface area (TPSA) is 233 Å². The van der Waals surface area contributed by atoms with E-state index >= 15 is 4.39 Å². The van der Waals surface area contributed by atoms with Gasteiger partial charge in [-0.2, -0.15) is 0 Å². The first kappa shape index (κ1) is 43.7. The number of benzene rings is 2. The van der Waals surface area contributed by atoms with Crippen LogP contribution in [0.15, 0.2) is 60.8 Å². The molecule has 1 heterocycles. The first-order valence-electron chi connectivity index (χ1n) is 17.5. The van der Waals surface area contributed by atoms with Gasteiger partial charge in [0, 0.05) is 49.1 Å². The number of nitrogens with one attached hydrogen (secondary N) is 3. The first-order valence-corrected chi connectivity index (χ1v) is 17.5. The molecule has 298 valence electrons. The SMILES string of the molecule is CC(C)(C)[C@H](c1cc(-c2cc(F)ccc2F)cn1Cc1ccccc1)N(CC[C@H](N)C(=O)N[C@H](CCNC(=O)CNC(=O)CCC(=O)O)C(=O)O)C(=O)CO. The molecule has 4 amide bonds. The monoisotopic (exact) mass is 770 g/mol. The molecule has 0 unspecified atom stereocenters. The molecule has 1 aromatic heterocycles. The third-order valence-corrected chi connectivity index (χ3v) is 8.63. The van der Waals surface area contributed by atoms with Gasteiger partial charge < -0.3 is 46.5 Å². The van der Waals surface area contributed by atoms with Gasteiger partial charge in [0.2, 0.25) is 23.6 Å². The van der Waals surface area contributed by atoms with Crippen LogP contribution in [-0.2, 0) is 35.3 Å². The summed E-state index contributed by atoms with van der Waals surface area (Å²) in [5, 5.41) is 35.4. The van der Waals surface area contributed by atoms with E-state index in [1.165, 1.54) is 4.90 Å². The number of nitrogens with two attached hydrogens (primary N) is 1. The molecule has 0 saturated heterocycles. The Morgan fingerprint density at radius 3 is 2.22 bits per heavy atom. The highest BCUT2D eigenvalue weighted by atomic mass is 19.1. The van der Waals surface area contributed by atoms with Crippen molar-refractivity contribution in [1.29, 1.82) is 0 Å². The second kappa shape index (κ2) is 20.1. The van der Waals surface area contributed by atoms with Gasteiger partial charge in [-0.3, -0.25) is 24.0 Å². The van der Waals surface area contributed by atoms with Crippen LogP contribution in [0.3, 0.4) is 0 Å². The summed E-state index contributed by atoms with van der Waals surface area (Å²) < 4.78 is 31.1. The van der Waals surface area contributed by atoms with Crippen LogP contribution in [0.1, 0.15) is 63.8 Å². The number of rotatable bonds is 20. The fraction of sp³-hybridized carbons (Fsp3) is 0.421. The minimum absolute atomic E-state index is 0.00625. The van der Waals surface area contributed by atoms with E-state index in [1.807, 2.05) is 55.7 Å². The Kier molecular flexibility index (Phi) is 16.0. The maximum atomic E-state index is 15.0. The number of aliphatic hydroxyl groups excluding tert-OH is 1. The van der Waals surface area contributed by atoms with Gasteiger partial charge in [-0.05, 0) is 48.1 Å². The van der Waals surface area contributed by atoms with E-state index in [2.05, 4.69) is 16.0 Å². The van der Waals surface area contributed by atoms with Crippen molar-refractivity contribution in [1.82, 2.24) is 25.4 Å². The minimum Gasteiger partial charge on any atom is -0.481 e. The molecule has 0 bridgehead atoms. The molecule has 15 nitrogen and oxygen atoms in total. The van der Waals surface area contributed by atoms with Crippen LogP contribution in [0.4, 0.5) is 8.78 Å². The van der Waals surface area contributed by atoms with Gasteiger partial charge in [-0.25, -0.2) is 13.6 Å². The number of hydrogen-bond donors (Lipinski definition) is 7. The number of amides is 4. The van der Waals surface area contributed by atoms with Crippen LogP contribution in [0.5, 0.6) is 0 Å². The fourth-order valence-electron chi connectivity index (χ4n) is 5.95. The van der Waals surface area contributed by atoms with Gasteiger partial charge in [0.25, 0.3) is 0 Å². The number of carbonyl (C=O) groups excluding carboxylic acids is 4. The van der Waals surface area contributed by atoms with Crippen molar-refractivity contribution in [2.75, 3.05) is 26.2 Å². The normalized spacial score (nSPS) is 12.9. The molecule has 0 aliphatic rings. The molecule has 2 aromatic carbocycles. The molecule has 8 N–H and O–H groups in total. The number of halogens is 2. The molecule has 0 saturated carbocycles. The van der Waals surface area contributed by atoms with Crippen molar-refractivity contribution in [3.63, 3.8) is 0 Å². The molecule has 3 atom stereocenters. The van der Waals surface area contributed by atoms with Gasteiger partial charge in [0.1, 0.15) is 24.3 Å². The lowest BCUT2D eigenvalue weighted by molar-refractivity contribution is -0.142.